The van der Waals surface area contributed by atoms with Gasteiger partial charge in [-0.1, -0.05) is 0 Å². The van der Waals surface area contributed by atoms with E-state index in [1.165, 1.54) is 0 Å². The fraction of sp³-hybridized carbons (Fsp3) is 0.421. The molecule has 0 unspecified atom stereocenters. The molecule has 8 nitrogen and oxygen atoms in total. The lowest BCUT2D eigenvalue weighted by atomic mass is 10.0. The van der Waals surface area contributed by atoms with Crippen LogP contribution in [0.15, 0.2) is 52.1 Å². The van der Waals surface area contributed by atoms with Gasteiger partial charge in [0.2, 0.25) is 0 Å². The fourth-order valence-corrected chi connectivity index (χ4v) is 2.87. The summed E-state index contributed by atoms with van der Waals surface area (Å²) in [7, 11) is 0. The van der Waals surface area contributed by atoms with Gasteiger partial charge in [0.05, 0.1) is 6.33 Å². The van der Waals surface area contributed by atoms with E-state index in [1.54, 1.807) is 35.4 Å². The van der Waals surface area contributed by atoms with Gasteiger partial charge in [-0.3, -0.25) is 9.59 Å². The molecule has 0 bridgehead atoms. The van der Waals surface area contributed by atoms with Crippen molar-refractivity contribution in [1.82, 2.24) is 19.4 Å². The molecule has 1 N–H and O–H groups in total. The molecule has 8 heteroatoms. The van der Waals surface area contributed by atoms with E-state index in [0.717, 1.165) is 13.0 Å². The molecule has 1 aliphatic heterocycles. The predicted molar refractivity (Wildman–Crippen MR) is 100 cm³/mol. The molecule has 1 amide bonds. The number of hydrogen-bond acceptors (Lipinski definition) is 5. The first-order valence-electron chi connectivity index (χ1n) is 8.94. The van der Waals surface area contributed by atoms with Crippen LogP contribution in [0, 0.1) is 12.3 Å². The van der Waals surface area contributed by atoms with Crippen LogP contribution in [0.3, 0.4) is 0 Å². The van der Waals surface area contributed by atoms with Crippen molar-refractivity contribution < 1.29 is 4.79 Å². The molecule has 140 valence electrons. The van der Waals surface area contributed by atoms with E-state index < -0.39 is 5.66 Å². The standard InChI is InChI=1S/C19H22N6O2/c1-2-3-7-19(22-23-19)8-9-21-17(26)16-6-4-12-25(18(16)27)13-5-11-24-14-10-20-15-24/h1,4,6,10,12,14-15H,3,5,7-9,11,13H2,(H,21,26). The molecule has 0 spiro atoms. The third-order valence-electron chi connectivity index (χ3n) is 4.50. The number of nitrogens with zero attached hydrogens (tertiary/aromatic N) is 5. The maximum absolute atomic E-state index is 12.5. The van der Waals surface area contributed by atoms with Gasteiger partial charge in [0, 0.05) is 57.5 Å². The zero-order valence-corrected chi connectivity index (χ0v) is 15.0. The first kappa shape index (κ1) is 18.6. The van der Waals surface area contributed by atoms with E-state index in [9.17, 15) is 9.59 Å². The van der Waals surface area contributed by atoms with Gasteiger partial charge in [-0.25, -0.2) is 4.98 Å². The van der Waals surface area contributed by atoms with E-state index in [2.05, 4.69) is 26.4 Å². The van der Waals surface area contributed by atoms with E-state index in [0.29, 0.717) is 32.4 Å². The topological polar surface area (TPSA) is 93.6 Å². The minimum absolute atomic E-state index is 0.141. The Bertz CT molecular complexity index is 901. The second-order valence-electron chi connectivity index (χ2n) is 6.47. The van der Waals surface area contributed by atoms with Crippen molar-refractivity contribution in [3.05, 3.63) is 53.0 Å². The summed E-state index contributed by atoms with van der Waals surface area (Å²) in [4.78, 5) is 28.9. The summed E-state index contributed by atoms with van der Waals surface area (Å²) < 4.78 is 3.51. The molecule has 0 aliphatic carbocycles. The molecule has 0 radical (unpaired) electrons. The highest BCUT2D eigenvalue weighted by molar-refractivity contribution is 5.93. The Morgan fingerprint density at radius 3 is 2.81 bits per heavy atom. The van der Waals surface area contributed by atoms with Gasteiger partial charge in [0.15, 0.2) is 5.66 Å². The van der Waals surface area contributed by atoms with E-state index in [4.69, 9.17) is 6.42 Å². The molecule has 1 aliphatic rings. The normalized spacial score (nSPS) is 13.9. The average molecular weight is 366 g/mol. The predicted octanol–water partition coefficient (Wildman–Crippen LogP) is 1.83. The molecule has 27 heavy (non-hydrogen) atoms. The van der Waals surface area contributed by atoms with Gasteiger partial charge < -0.3 is 14.5 Å². The summed E-state index contributed by atoms with van der Waals surface area (Å²) in [5.41, 5.74) is -0.588. The maximum Gasteiger partial charge on any atom is 0.263 e. The van der Waals surface area contributed by atoms with Crippen LogP contribution < -0.4 is 10.9 Å². The van der Waals surface area contributed by atoms with Crippen molar-refractivity contribution in [3.63, 3.8) is 0 Å². The molecular formula is C19H22N6O2. The van der Waals surface area contributed by atoms with E-state index >= 15 is 0 Å². The largest absolute Gasteiger partial charge is 0.352 e. The van der Waals surface area contributed by atoms with Crippen LogP contribution in [-0.2, 0) is 13.1 Å². The second kappa shape index (κ2) is 8.45. The number of imidazole rings is 1. The Morgan fingerprint density at radius 1 is 1.26 bits per heavy atom. The fourth-order valence-electron chi connectivity index (χ4n) is 2.87. The van der Waals surface area contributed by atoms with Crippen LogP contribution in [0.2, 0.25) is 0 Å². The Labute approximate surface area is 157 Å². The number of terminal acetylenes is 1. The number of nitrogens with one attached hydrogen (secondary N) is 1. The quantitative estimate of drug-likeness (QED) is 0.650. The monoisotopic (exact) mass is 366 g/mol. The van der Waals surface area contributed by atoms with Gasteiger partial charge in [0.1, 0.15) is 5.56 Å². The molecule has 0 fully saturated rings. The Hall–Kier alpha value is -3.21. The third kappa shape index (κ3) is 4.91. The first-order valence-corrected chi connectivity index (χ1v) is 8.94. The number of aryl methyl sites for hydroxylation is 2. The zero-order valence-electron chi connectivity index (χ0n) is 15.0. The smallest absolute Gasteiger partial charge is 0.263 e. The number of carbonyl (C=O) groups excluding carboxylic acids is 1. The highest BCUT2D eigenvalue weighted by Gasteiger charge is 2.38. The number of amides is 1. The summed E-state index contributed by atoms with van der Waals surface area (Å²) in [6.45, 7) is 1.69. The van der Waals surface area contributed by atoms with Crippen LogP contribution in [0.4, 0.5) is 0 Å². The zero-order chi connectivity index (χ0) is 19.1. The van der Waals surface area contributed by atoms with Crippen molar-refractivity contribution in [2.24, 2.45) is 10.2 Å². The molecule has 0 aromatic carbocycles. The lowest BCUT2D eigenvalue weighted by Crippen LogP contribution is -2.34. The van der Waals surface area contributed by atoms with Crippen LogP contribution in [0.1, 0.15) is 36.0 Å². The van der Waals surface area contributed by atoms with Crippen molar-refractivity contribution in [3.8, 4) is 12.3 Å². The average Bonchev–Trinajstić information content (AvgIpc) is 3.24. The molecule has 3 rings (SSSR count). The summed E-state index contributed by atoms with van der Waals surface area (Å²) in [6, 6.07) is 3.26. The number of carbonyl (C=O) groups is 1. The number of pyridine rings is 1. The molecule has 0 saturated carbocycles. The second-order valence-corrected chi connectivity index (χ2v) is 6.47. The maximum atomic E-state index is 12.5. The lowest BCUT2D eigenvalue weighted by molar-refractivity contribution is 0.0949. The highest BCUT2D eigenvalue weighted by Crippen LogP contribution is 2.35. The van der Waals surface area contributed by atoms with Crippen LogP contribution in [-0.4, -0.2) is 32.2 Å². The first-order chi connectivity index (χ1) is 13.1. The van der Waals surface area contributed by atoms with Gasteiger partial charge in [-0.2, -0.15) is 10.2 Å². The van der Waals surface area contributed by atoms with E-state index in [1.807, 2.05) is 10.8 Å². The minimum atomic E-state index is -0.441. The van der Waals surface area contributed by atoms with Crippen molar-refractivity contribution >= 4 is 5.91 Å². The molecule has 0 atom stereocenters. The molecule has 2 aromatic heterocycles. The van der Waals surface area contributed by atoms with Gasteiger partial charge in [-0.15, -0.1) is 12.3 Å². The summed E-state index contributed by atoms with van der Waals surface area (Å²) in [6.07, 6.45) is 14.9. The van der Waals surface area contributed by atoms with Crippen molar-refractivity contribution in [1.29, 1.82) is 0 Å². The number of rotatable bonds is 10. The summed E-state index contributed by atoms with van der Waals surface area (Å²) >= 11 is 0. The Morgan fingerprint density at radius 2 is 2.11 bits per heavy atom. The van der Waals surface area contributed by atoms with Crippen molar-refractivity contribution in [2.45, 2.75) is 44.4 Å². The van der Waals surface area contributed by atoms with Gasteiger partial charge in [-0.05, 0) is 18.6 Å². The lowest BCUT2D eigenvalue weighted by Gasteiger charge is -2.11. The molecule has 0 saturated heterocycles. The van der Waals surface area contributed by atoms with Crippen LogP contribution in [0.5, 0.6) is 0 Å². The van der Waals surface area contributed by atoms with Crippen molar-refractivity contribution in [2.75, 3.05) is 6.54 Å². The number of aromatic nitrogens is 3. The van der Waals surface area contributed by atoms with Crippen LogP contribution in [0.25, 0.3) is 0 Å². The Kier molecular flexibility index (Phi) is 5.81. The summed E-state index contributed by atoms with van der Waals surface area (Å²) in [5, 5.41) is 10.8. The summed E-state index contributed by atoms with van der Waals surface area (Å²) in [5.74, 6) is 2.19. The van der Waals surface area contributed by atoms with Crippen LogP contribution >= 0.6 is 0 Å². The molecule has 2 aromatic rings. The highest BCUT2D eigenvalue weighted by atomic mass is 16.2. The number of hydrogen-bond donors (Lipinski definition) is 1. The van der Waals surface area contributed by atoms with E-state index in [-0.39, 0.29) is 17.0 Å². The molecule has 3 heterocycles. The van der Waals surface area contributed by atoms with Gasteiger partial charge >= 0.3 is 0 Å². The van der Waals surface area contributed by atoms with Gasteiger partial charge in [0.25, 0.3) is 11.5 Å². The molecular weight excluding hydrogens is 344 g/mol. The third-order valence-corrected chi connectivity index (χ3v) is 4.50. The SMILES string of the molecule is C#CCCC1(CCNC(=O)c2cccn(CCCn3ccnc3)c2=O)N=N1. The minimum Gasteiger partial charge on any atom is -0.352 e. The Balaban J connectivity index is 1.51.